The summed E-state index contributed by atoms with van der Waals surface area (Å²) in [5.74, 6) is -0.200. The highest BCUT2D eigenvalue weighted by atomic mass is 16.5. The Balaban J connectivity index is 1.86. The van der Waals surface area contributed by atoms with E-state index in [1.54, 1.807) is 12.3 Å². The molecule has 0 aliphatic rings. The van der Waals surface area contributed by atoms with Crippen LogP contribution >= 0.6 is 0 Å². The Morgan fingerprint density at radius 2 is 1.90 bits per heavy atom. The Kier molecular flexibility index (Phi) is 6.36. The zero-order valence-corrected chi connectivity index (χ0v) is 18.7. The van der Waals surface area contributed by atoms with Crippen LogP contribution in [-0.2, 0) is 21.4 Å². The normalized spacial score (nSPS) is 12.2. The van der Waals surface area contributed by atoms with E-state index in [4.69, 9.17) is 13.6 Å². The average Bonchev–Trinajstić information content (AvgIpc) is 3.06. The van der Waals surface area contributed by atoms with Gasteiger partial charge in [-0.15, -0.1) is 0 Å². The summed E-state index contributed by atoms with van der Waals surface area (Å²) in [6.45, 7) is 13.3. The van der Waals surface area contributed by atoms with Crippen molar-refractivity contribution in [3.63, 3.8) is 0 Å². The minimum atomic E-state index is -0.486. The molecule has 0 aliphatic carbocycles. The van der Waals surface area contributed by atoms with Crippen molar-refractivity contribution in [3.8, 4) is 0 Å². The highest BCUT2D eigenvalue weighted by molar-refractivity contribution is 5.97. The number of fused-ring (bicyclic) bond motifs is 2. The lowest BCUT2D eigenvalue weighted by Crippen LogP contribution is -2.29. The number of aryl methyl sites for hydroxylation is 1. The van der Waals surface area contributed by atoms with E-state index in [0.717, 1.165) is 28.3 Å². The summed E-state index contributed by atoms with van der Waals surface area (Å²) in [4.78, 5) is 24.9. The number of nitrogens with one attached hydrogen (secondary N) is 1. The molecule has 0 saturated carbocycles. The third-order valence-corrected chi connectivity index (χ3v) is 5.22. The fraction of sp³-hybridized carbons (Fsp3) is 0.500. The SMILES string of the molecule is Cc1c(CC(=O)NCCCOC(C)C)c(=O)oc2cc3occ(C(C)(C)C)c3cc12. The maximum atomic E-state index is 12.5. The number of amides is 1. The summed E-state index contributed by atoms with van der Waals surface area (Å²) in [7, 11) is 0. The van der Waals surface area contributed by atoms with Crippen LogP contribution in [0.1, 0.15) is 57.7 Å². The van der Waals surface area contributed by atoms with Crippen molar-refractivity contribution in [2.45, 2.75) is 65.9 Å². The number of ether oxygens (including phenoxy) is 1. The van der Waals surface area contributed by atoms with Gasteiger partial charge >= 0.3 is 5.63 Å². The van der Waals surface area contributed by atoms with Gasteiger partial charge in [0.1, 0.15) is 11.2 Å². The molecule has 2 heterocycles. The first-order valence-corrected chi connectivity index (χ1v) is 10.4. The molecule has 0 radical (unpaired) electrons. The van der Waals surface area contributed by atoms with Crippen LogP contribution in [0.3, 0.4) is 0 Å². The Morgan fingerprint density at radius 3 is 2.57 bits per heavy atom. The van der Waals surface area contributed by atoms with Crippen LogP contribution in [0.25, 0.3) is 21.9 Å². The van der Waals surface area contributed by atoms with Crippen LogP contribution in [0.15, 0.2) is 32.0 Å². The van der Waals surface area contributed by atoms with Gasteiger partial charge in [-0.25, -0.2) is 4.79 Å². The predicted molar refractivity (Wildman–Crippen MR) is 118 cm³/mol. The highest BCUT2D eigenvalue weighted by Crippen LogP contribution is 2.35. The third kappa shape index (κ3) is 4.75. The molecule has 1 N–H and O–H groups in total. The first-order valence-electron chi connectivity index (χ1n) is 10.4. The summed E-state index contributed by atoms with van der Waals surface area (Å²) in [5, 5.41) is 4.66. The molecule has 0 bridgehead atoms. The van der Waals surface area contributed by atoms with Crippen molar-refractivity contribution in [2.24, 2.45) is 0 Å². The first-order chi connectivity index (χ1) is 14.1. The minimum absolute atomic E-state index is 0.00923. The number of hydrogen-bond acceptors (Lipinski definition) is 5. The molecule has 3 aromatic rings. The standard InChI is InChI=1S/C24H31NO5/c1-14(2)28-9-7-8-25-22(26)11-17-15(3)16-10-18-19(24(4,5)6)13-29-20(18)12-21(16)30-23(17)27/h10,12-14H,7-9,11H2,1-6H3,(H,25,26). The van der Waals surface area contributed by atoms with E-state index in [1.807, 2.05) is 26.8 Å². The number of hydrogen-bond donors (Lipinski definition) is 1. The molecule has 2 aromatic heterocycles. The molecule has 0 fully saturated rings. The zero-order chi connectivity index (χ0) is 22.1. The molecule has 3 rings (SSSR count). The maximum Gasteiger partial charge on any atom is 0.340 e. The van der Waals surface area contributed by atoms with E-state index in [9.17, 15) is 9.59 Å². The quantitative estimate of drug-likeness (QED) is 0.451. The summed E-state index contributed by atoms with van der Waals surface area (Å²) in [6, 6.07) is 3.75. The molecular weight excluding hydrogens is 382 g/mol. The van der Waals surface area contributed by atoms with Gasteiger partial charge in [0.15, 0.2) is 0 Å². The van der Waals surface area contributed by atoms with Crippen molar-refractivity contribution >= 4 is 27.8 Å². The summed E-state index contributed by atoms with van der Waals surface area (Å²) in [5.41, 5.74) is 2.83. The van der Waals surface area contributed by atoms with Gasteiger partial charge < -0.3 is 18.9 Å². The lowest BCUT2D eigenvalue weighted by Gasteiger charge is -2.16. The monoisotopic (exact) mass is 413 g/mol. The molecule has 0 spiro atoms. The molecule has 30 heavy (non-hydrogen) atoms. The topological polar surface area (TPSA) is 81.7 Å². The summed E-state index contributed by atoms with van der Waals surface area (Å²) >= 11 is 0. The predicted octanol–water partition coefficient (Wildman–Crippen LogP) is 4.62. The smallest absolute Gasteiger partial charge is 0.340 e. The Hall–Kier alpha value is -2.60. The third-order valence-electron chi connectivity index (χ3n) is 5.22. The van der Waals surface area contributed by atoms with Crippen molar-refractivity contribution in [1.29, 1.82) is 0 Å². The van der Waals surface area contributed by atoms with Crippen LogP contribution in [0.2, 0.25) is 0 Å². The molecular formula is C24H31NO5. The lowest BCUT2D eigenvalue weighted by atomic mass is 9.86. The second-order valence-corrected chi connectivity index (χ2v) is 9.04. The van der Waals surface area contributed by atoms with Gasteiger partial charge in [-0.2, -0.15) is 0 Å². The molecule has 6 nitrogen and oxygen atoms in total. The van der Waals surface area contributed by atoms with Crippen LogP contribution in [0.4, 0.5) is 0 Å². The Labute approximate surface area is 176 Å². The van der Waals surface area contributed by atoms with Crippen LogP contribution in [-0.4, -0.2) is 25.2 Å². The number of rotatable bonds is 7. The number of furan rings is 1. The average molecular weight is 414 g/mol. The fourth-order valence-electron chi connectivity index (χ4n) is 3.54. The second kappa shape index (κ2) is 8.64. The first kappa shape index (κ1) is 22.1. The van der Waals surface area contributed by atoms with Gasteiger partial charge in [-0.05, 0) is 44.2 Å². The maximum absolute atomic E-state index is 12.5. The van der Waals surface area contributed by atoms with Gasteiger partial charge in [0.25, 0.3) is 0 Å². The van der Waals surface area contributed by atoms with Crippen LogP contribution in [0, 0.1) is 6.92 Å². The molecule has 0 aliphatic heterocycles. The Morgan fingerprint density at radius 1 is 1.17 bits per heavy atom. The van der Waals surface area contributed by atoms with E-state index >= 15 is 0 Å². The molecule has 6 heteroatoms. The molecule has 162 valence electrons. The van der Waals surface area contributed by atoms with Crippen molar-refractivity contribution < 1.29 is 18.4 Å². The van der Waals surface area contributed by atoms with E-state index in [0.29, 0.717) is 29.9 Å². The van der Waals surface area contributed by atoms with E-state index in [1.165, 1.54) is 0 Å². The van der Waals surface area contributed by atoms with E-state index in [-0.39, 0.29) is 23.8 Å². The molecule has 0 unspecified atom stereocenters. The largest absolute Gasteiger partial charge is 0.464 e. The van der Waals surface area contributed by atoms with Gasteiger partial charge in [-0.3, -0.25) is 4.79 Å². The fourth-order valence-corrected chi connectivity index (χ4v) is 3.54. The van der Waals surface area contributed by atoms with Crippen molar-refractivity contribution in [1.82, 2.24) is 5.32 Å². The van der Waals surface area contributed by atoms with Crippen molar-refractivity contribution in [3.05, 3.63) is 45.5 Å². The molecule has 0 atom stereocenters. The van der Waals surface area contributed by atoms with Gasteiger partial charge in [-0.1, -0.05) is 20.8 Å². The molecule has 1 amide bonds. The van der Waals surface area contributed by atoms with E-state index in [2.05, 4.69) is 26.1 Å². The second-order valence-electron chi connectivity index (χ2n) is 9.04. The lowest BCUT2D eigenvalue weighted by molar-refractivity contribution is -0.120. The van der Waals surface area contributed by atoms with Crippen LogP contribution in [0.5, 0.6) is 0 Å². The van der Waals surface area contributed by atoms with Crippen LogP contribution < -0.4 is 10.9 Å². The Bertz CT molecular complexity index is 1110. The summed E-state index contributed by atoms with van der Waals surface area (Å²) < 4.78 is 16.7. The van der Waals surface area contributed by atoms with E-state index < -0.39 is 5.63 Å². The summed E-state index contributed by atoms with van der Waals surface area (Å²) in [6.07, 6.45) is 2.65. The molecule has 0 saturated heterocycles. The molecule has 1 aromatic carbocycles. The number of carbonyl (C=O) groups excluding carboxylic acids is 1. The number of benzene rings is 1. The van der Waals surface area contributed by atoms with Gasteiger partial charge in [0.05, 0.1) is 24.4 Å². The zero-order valence-electron chi connectivity index (χ0n) is 18.7. The minimum Gasteiger partial charge on any atom is -0.464 e. The highest BCUT2D eigenvalue weighted by Gasteiger charge is 2.22. The number of carbonyl (C=O) groups is 1. The van der Waals surface area contributed by atoms with Gasteiger partial charge in [0.2, 0.25) is 5.91 Å². The van der Waals surface area contributed by atoms with Gasteiger partial charge in [0, 0.05) is 35.6 Å². The van der Waals surface area contributed by atoms with Crippen molar-refractivity contribution in [2.75, 3.05) is 13.2 Å².